The number of fused-ring (bicyclic) bond motifs is 1. The number of carbonyl (C=O) groups is 2. The summed E-state index contributed by atoms with van der Waals surface area (Å²) in [5.41, 5.74) is 2.79. The van der Waals surface area contributed by atoms with Crippen LogP contribution in [0.1, 0.15) is 49.1 Å². The van der Waals surface area contributed by atoms with Crippen LogP contribution < -0.4 is 29.1 Å². The van der Waals surface area contributed by atoms with Gasteiger partial charge in [0.1, 0.15) is 12.4 Å². The summed E-state index contributed by atoms with van der Waals surface area (Å²) in [6.45, 7) is 5.51. The predicted molar refractivity (Wildman–Crippen MR) is 193 cm³/mol. The molecule has 14 heteroatoms. The molecule has 0 radical (unpaired) electrons. The maximum Gasteiger partial charge on any atom is 0.343 e. The first-order valence-electron chi connectivity index (χ1n) is 15.3. The molecule has 4 aromatic rings. The Labute approximate surface area is 308 Å². The molecular formula is C36H31Br2N3O8S. The fourth-order valence-electron chi connectivity index (χ4n) is 5.20. The Hall–Kier alpha value is -4.71. The van der Waals surface area contributed by atoms with Crippen LogP contribution in [0.3, 0.4) is 0 Å². The number of nitriles is 1. The Kier molecular flexibility index (Phi) is 11.9. The smallest absolute Gasteiger partial charge is 0.343 e. The van der Waals surface area contributed by atoms with Crippen molar-refractivity contribution >= 4 is 61.2 Å². The second-order valence-corrected chi connectivity index (χ2v) is 13.5. The van der Waals surface area contributed by atoms with Gasteiger partial charge in [-0.2, -0.15) is 5.26 Å². The summed E-state index contributed by atoms with van der Waals surface area (Å²) in [5.74, 6) is -0.0525. The molecule has 0 unspecified atom stereocenters. The Morgan fingerprint density at radius 1 is 1.02 bits per heavy atom. The minimum absolute atomic E-state index is 0.125. The summed E-state index contributed by atoms with van der Waals surface area (Å²) in [6, 6.07) is 17.0. The highest BCUT2D eigenvalue weighted by atomic mass is 79.9. The van der Waals surface area contributed by atoms with Gasteiger partial charge in [0.05, 0.1) is 58.3 Å². The molecular weight excluding hydrogens is 794 g/mol. The van der Waals surface area contributed by atoms with Crippen LogP contribution in [0.2, 0.25) is 0 Å². The zero-order chi connectivity index (χ0) is 35.9. The summed E-state index contributed by atoms with van der Waals surface area (Å²) in [6.07, 6.45) is 1.73. The van der Waals surface area contributed by atoms with Gasteiger partial charge in [0.25, 0.3) is 5.56 Å². The van der Waals surface area contributed by atoms with E-state index < -0.39 is 18.0 Å². The first kappa shape index (κ1) is 36.6. The predicted octanol–water partition coefficient (Wildman–Crippen LogP) is 5.72. The van der Waals surface area contributed by atoms with Gasteiger partial charge in [0.2, 0.25) is 0 Å². The van der Waals surface area contributed by atoms with E-state index in [2.05, 4.69) is 47.7 Å². The van der Waals surface area contributed by atoms with Crippen molar-refractivity contribution in [1.82, 2.24) is 4.57 Å². The van der Waals surface area contributed by atoms with Gasteiger partial charge in [-0.3, -0.25) is 9.36 Å². The molecule has 5 rings (SSSR count). The van der Waals surface area contributed by atoms with E-state index >= 15 is 0 Å². The van der Waals surface area contributed by atoms with E-state index in [0.29, 0.717) is 53.4 Å². The fourth-order valence-corrected chi connectivity index (χ4v) is 7.61. The number of thiazole rings is 1. The molecule has 1 aliphatic heterocycles. The number of aromatic nitrogens is 1. The number of ether oxygens (including phenoxy) is 5. The number of methoxy groups -OCH3 is 1. The number of allylic oxidation sites excluding steroid dienone is 1. The summed E-state index contributed by atoms with van der Waals surface area (Å²) >= 11 is 8.31. The zero-order valence-electron chi connectivity index (χ0n) is 27.5. The second kappa shape index (κ2) is 16.3. The lowest BCUT2D eigenvalue weighted by Crippen LogP contribution is -2.40. The lowest BCUT2D eigenvalue weighted by atomic mass is 9.95. The van der Waals surface area contributed by atoms with Crippen molar-refractivity contribution in [3.63, 3.8) is 0 Å². The van der Waals surface area contributed by atoms with Gasteiger partial charge in [-0.25, -0.2) is 14.6 Å². The SMILES string of the molecule is CCOC(=O)C1=C(C)N=c2s/c(=C/c3cc(Br)cc(Br)c3OCc3ccc(C#N)cc3)c(=O)n2[C@H]1c1ccc(OCC(=O)OC)c(OCC)c1. The molecule has 11 nitrogen and oxygen atoms in total. The van der Waals surface area contributed by atoms with Gasteiger partial charge in [0, 0.05) is 10.0 Å². The Balaban J connectivity index is 1.63. The van der Waals surface area contributed by atoms with E-state index in [-0.39, 0.29) is 37.6 Å². The van der Waals surface area contributed by atoms with Crippen molar-refractivity contribution < 1.29 is 33.3 Å². The highest BCUT2D eigenvalue weighted by Crippen LogP contribution is 2.37. The molecule has 0 bridgehead atoms. The van der Waals surface area contributed by atoms with Crippen LogP contribution in [0.15, 0.2) is 84.6 Å². The van der Waals surface area contributed by atoms with Crippen molar-refractivity contribution in [2.24, 2.45) is 4.99 Å². The lowest BCUT2D eigenvalue weighted by Gasteiger charge is -2.25. The van der Waals surface area contributed by atoms with Crippen LogP contribution in [0, 0.1) is 11.3 Å². The number of esters is 2. The van der Waals surface area contributed by atoms with E-state index in [9.17, 15) is 14.4 Å². The maximum atomic E-state index is 14.4. The number of carbonyl (C=O) groups excluding carboxylic acids is 2. The van der Waals surface area contributed by atoms with Crippen LogP contribution in [0.4, 0.5) is 0 Å². The van der Waals surface area contributed by atoms with Gasteiger partial charge < -0.3 is 23.7 Å². The molecule has 0 fully saturated rings. The number of halogens is 2. The van der Waals surface area contributed by atoms with Crippen LogP contribution in [0.5, 0.6) is 17.2 Å². The molecule has 0 spiro atoms. The third-order valence-corrected chi connectivity index (χ3v) is 9.49. The second-order valence-electron chi connectivity index (χ2n) is 10.7. The molecule has 1 aromatic heterocycles. The molecule has 1 aliphatic rings. The van der Waals surface area contributed by atoms with Crippen molar-refractivity contribution in [2.75, 3.05) is 26.9 Å². The van der Waals surface area contributed by atoms with Crippen molar-refractivity contribution in [1.29, 1.82) is 5.26 Å². The monoisotopic (exact) mass is 823 g/mol. The van der Waals surface area contributed by atoms with E-state index in [4.69, 9.17) is 24.2 Å². The number of benzene rings is 3. The largest absolute Gasteiger partial charge is 0.490 e. The summed E-state index contributed by atoms with van der Waals surface area (Å²) in [7, 11) is 1.26. The molecule has 0 aliphatic carbocycles. The number of nitrogens with zero attached hydrogens (tertiary/aromatic N) is 3. The Bertz CT molecular complexity index is 2200. The maximum absolute atomic E-state index is 14.4. The third-order valence-electron chi connectivity index (χ3n) is 7.46. The fraction of sp³-hybridized carbons (Fsp3) is 0.250. The normalized spacial score (nSPS) is 13.9. The highest BCUT2D eigenvalue weighted by Gasteiger charge is 2.34. The third kappa shape index (κ3) is 8.01. The van der Waals surface area contributed by atoms with Gasteiger partial charge in [-0.1, -0.05) is 45.5 Å². The Morgan fingerprint density at radius 2 is 1.78 bits per heavy atom. The first-order chi connectivity index (χ1) is 24.1. The average molecular weight is 826 g/mol. The topological polar surface area (TPSA) is 138 Å². The Morgan fingerprint density at radius 3 is 2.46 bits per heavy atom. The van der Waals surface area contributed by atoms with Gasteiger partial charge in [-0.15, -0.1) is 0 Å². The quantitative estimate of drug-likeness (QED) is 0.164. The van der Waals surface area contributed by atoms with E-state index in [0.717, 1.165) is 10.0 Å². The van der Waals surface area contributed by atoms with Crippen LogP contribution >= 0.6 is 43.2 Å². The molecule has 3 aromatic carbocycles. The van der Waals surface area contributed by atoms with Crippen LogP contribution in [-0.4, -0.2) is 43.4 Å². The van der Waals surface area contributed by atoms with Crippen molar-refractivity contribution in [3.8, 4) is 23.3 Å². The number of hydrogen-bond donors (Lipinski definition) is 0. The van der Waals surface area contributed by atoms with E-state index in [1.165, 1.54) is 23.0 Å². The van der Waals surface area contributed by atoms with E-state index in [1.807, 2.05) is 24.3 Å². The molecule has 0 amide bonds. The van der Waals surface area contributed by atoms with Crippen LogP contribution in [0.25, 0.3) is 6.08 Å². The molecule has 1 atom stereocenters. The molecule has 2 heterocycles. The van der Waals surface area contributed by atoms with Crippen molar-refractivity contribution in [3.05, 3.63) is 117 Å². The van der Waals surface area contributed by atoms with Gasteiger partial charge >= 0.3 is 11.9 Å². The summed E-state index contributed by atoms with van der Waals surface area (Å²) < 4.78 is 31.1. The highest BCUT2D eigenvalue weighted by molar-refractivity contribution is 9.11. The first-order valence-corrected chi connectivity index (χ1v) is 17.8. The summed E-state index contributed by atoms with van der Waals surface area (Å²) in [4.78, 5) is 44.6. The standard InChI is InChI=1S/C36H31Br2N3O8S/c1-5-46-28-14-23(11-12-27(28)48-19-30(42)45-4)32-31(35(44)47-6-2)20(3)40-36-41(32)34(43)29(50-36)15-24-13-25(37)16-26(38)33(24)49-18-22-9-7-21(17-39)8-10-22/h7-16,32H,5-6,18-19H2,1-4H3/b29-15+/t32-/m0/s1. The minimum atomic E-state index is -0.914. The molecule has 0 N–H and O–H groups in total. The summed E-state index contributed by atoms with van der Waals surface area (Å²) in [5, 5.41) is 9.13. The van der Waals surface area contributed by atoms with Crippen molar-refractivity contribution in [2.45, 2.75) is 33.4 Å². The van der Waals surface area contributed by atoms with Crippen LogP contribution in [-0.2, 0) is 25.7 Å². The molecule has 0 saturated heterocycles. The lowest BCUT2D eigenvalue weighted by molar-refractivity contribution is -0.143. The zero-order valence-corrected chi connectivity index (χ0v) is 31.4. The van der Waals surface area contributed by atoms with E-state index in [1.54, 1.807) is 57.2 Å². The van der Waals surface area contributed by atoms with Gasteiger partial charge in [-0.05, 0) is 90.3 Å². The number of rotatable bonds is 12. The number of hydrogen-bond acceptors (Lipinski definition) is 11. The molecule has 50 heavy (non-hydrogen) atoms. The average Bonchev–Trinajstić information content (AvgIpc) is 3.40. The minimum Gasteiger partial charge on any atom is -0.490 e. The molecule has 0 saturated carbocycles. The molecule has 258 valence electrons. The van der Waals surface area contributed by atoms with Gasteiger partial charge in [0.15, 0.2) is 22.9 Å².